The van der Waals surface area contributed by atoms with Gasteiger partial charge in [-0.25, -0.2) is 18.0 Å². The molecule has 0 unspecified atom stereocenters. The van der Waals surface area contributed by atoms with Gasteiger partial charge in [-0.05, 0) is 66.3 Å². The molecule has 1 aromatic heterocycles. The molecule has 0 radical (unpaired) electrons. The Morgan fingerprint density at radius 3 is 2.22 bits per heavy atom. The lowest BCUT2D eigenvalue weighted by molar-refractivity contribution is -0.119. The third-order valence-corrected chi connectivity index (χ3v) is 7.35. The van der Waals surface area contributed by atoms with Crippen molar-refractivity contribution in [3.63, 3.8) is 0 Å². The van der Waals surface area contributed by atoms with E-state index in [4.69, 9.17) is 20.9 Å². The quantitative estimate of drug-likeness (QED) is 0.322. The number of ketones is 1. The monoisotopic (exact) mass is 570 g/mol. The number of rotatable bonds is 11. The summed E-state index contributed by atoms with van der Waals surface area (Å²) in [5, 5.41) is 3.26. The molecule has 2 heterocycles. The molecule has 0 spiro atoms. The molecule has 218 valence electrons. The average Bonchev–Trinajstić information content (AvgIpc) is 2.94. The van der Waals surface area contributed by atoms with E-state index in [9.17, 15) is 22.8 Å². The molecule has 5 N–H and O–H groups in total. The standard InChI is InChI=1S/C30H33F3N4O4/c1-17-26(16-40-30(35)39)37-14-23(41-17)10-11-24-20(13-36-15-25(24)33)12-27(38)29(34)28(18-2-6-21(31)7-3-18)19-4-8-22(32)9-5-19/h2-9,13,15,17,23,26,28-29,37H,10-12,14,16,34H2,1H3,(H2,35,39)/t17-,23+,26+,29+/m0/s1. The Morgan fingerprint density at radius 1 is 1.05 bits per heavy atom. The van der Waals surface area contributed by atoms with Crippen molar-refractivity contribution in [3.05, 3.63) is 101 Å². The van der Waals surface area contributed by atoms with Crippen molar-refractivity contribution < 1.29 is 32.2 Å². The van der Waals surface area contributed by atoms with Crippen molar-refractivity contribution in [2.45, 2.75) is 56.4 Å². The SMILES string of the molecule is C[C@@H]1O[C@H](CCc2c(F)cncc2CC(=O)[C@@H](N)C(c2ccc(F)cc2)c2ccc(F)cc2)CN[C@@H]1COC(N)=O. The molecule has 0 saturated carbocycles. The molecule has 3 aromatic rings. The Kier molecular flexibility index (Phi) is 10.1. The van der Waals surface area contributed by atoms with Crippen LogP contribution in [0.5, 0.6) is 0 Å². The summed E-state index contributed by atoms with van der Waals surface area (Å²) >= 11 is 0. The number of hydrogen-bond donors (Lipinski definition) is 3. The highest BCUT2D eigenvalue weighted by molar-refractivity contribution is 5.87. The number of carbonyl (C=O) groups is 2. The number of hydrogen-bond acceptors (Lipinski definition) is 7. The summed E-state index contributed by atoms with van der Waals surface area (Å²) in [6, 6.07) is 9.94. The van der Waals surface area contributed by atoms with E-state index in [1.54, 1.807) is 0 Å². The number of benzene rings is 2. The summed E-state index contributed by atoms with van der Waals surface area (Å²) in [6.07, 6.45) is 1.75. The van der Waals surface area contributed by atoms with Crippen LogP contribution in [-0.4, -0.2) is 54.3 Å². The van der Waals surface area contributed by atoms with E-state index in [2.05, 4.69) is 10.3 Å². The molecule has 0 aliphatic carbocycles. The van der Waals surface area contributed by atoms with E-state index in [0.29, 0.717) is 35.2 Å². The molecular weight excluding hydrogens is 537 g/mol. The van der Waals surface area contributed by atoms with Crippen LogP contribution in [0.25, 0.3) is 0 Å². The predicted molar refractivity (Wildman–Crippen MR) is 146 cm³/mol. The highest BCUT2D eigenvalue weighted by atomic mass is 19.1. The summed E-state index contributed by atoms with van der Waals surface area (Å²) in [6.45, 7) is 2.37. The van der Waals surface area contributed by atoms with Gasteiger partial charge in [0.05, 0.1) is 30.5 Å². The van der Waals surface area contributed by atoms with Crippen LogP contribution >= 0.6 is 0 Å². The summed E-state index contributed by atoms with van der Waals surface area (Å²) in [4.78, 5) is 28.3. The third-order valence-electron chi connectivity index (χ3n) is 7.35. The maximum Gasteiger partial charge on any atom is 0.404 e. The van der Waals surface area contributed by atoms with Gasteiger partial charge in [-0.2, -0.15) is 0 Å². The number of primary amides is 1. The summed E-state index contributed by atoms with van der Waals surface area (Å²) in [7, 11) is 0. The average molecular weight is 571 g/mol. The maximum absolute atomic E-state index is 14.9. The smallest absolute Gasteiger partial charge is 0.404 e. The topological polar surface area (TPSA) is 130 Å². The first-order valence-corrected chi connectivity index (χ1v) is 13.3. The minimum absolute atomic E-state index is 0.0750. The number of pyridine rings is 1. The summed E-state index contributed by atoms with van der Waals surface area (Å²) < 4.78 is 53.1. The lowest BCUT2D eigenvalue weighted by Gasteiger charge is -2.35. The molecule has 1 saturated heterocycles. The predicted octanol–water partition coefficient (Wildman–Crippen LogP) is 3.54. The first-order valence-electron chi connectivity index (χ1n) is 13.3. The van der Waals surface area contributed by atoms with Gasteiger partial charge in [0.1, 0.15) is 24.1 Å². The fourth-order valence-corrected chi connectivity index (χ4v) is 5.11. The number of halogens is 3. The number of amides is 1. The van der Waals surface area contributed by atoms with E-state index >= 15 is 0 Å². The maximum atomic E-state index is 14.9. The molecule has 11 heteroatoms. The van der Waals surface area contributed by atoms with E-state index in [1.807, 2.05) is 6.92 Å². The highest BCUT2D eigenvalue weighted by Crippen LogP contribution is 2.29. The van der Waals surface area contributed by atoms with Gasteiger partial charge in [0, 0.05) is 25.1 Å². The molecule has 4 rings (SSSR count). The Bertz CT molecular complexity index is 1300. The summed E-state index contributed by atoms with van der Waals surface area (Å²) in [5.41, 5.74) is 13.4. The number of aromatic nitrogens is 1. The van der Waals surface area contributed by atoms with Gasteiger partial charge >= 0.3 is 6.09 Å². The molecule has 8 nitrogen and oxygen atoms in total. The van der Waals surface area contributed by atoms with Crippen molar-refractivity contribution in [1.29, 1.82) is 0 Å². The lowest BCUT2D eigenvalue weighted by atomic mass is 9.82. The number of morpholine rings is 1. The lowest BCUT2D eigenvalue weighted by Crippen LogP contribution is -2.53. The zero-order chi connectivity index (χ0) is 29.5. The second-order valence-electron chi connectivity index (χ2n) is 10.2. The second kappa shape index (κ2) is 13.7. The first-order chi connectivity index (χ1) is 19.6. The molecule has 1 fully saturated rings. The Labute approximate surface area is 236 Å². The Balaban J connectivity index is 1.46. The van der Waals surface area contributed by atoms with Crippen LogP contribution in [-0.2, 0) is 27.1 Å². The Morgan fingerprint density at radius 2 is 1.66 bits per heavy atom. The van der Waals surface area contributed by atoms with Crippen molar-refractivity contribution in [1.82, 2.24) is 10.3 Å². The zero-order valence-electron chi connectivity index (χ0n) is 22.6. The van der Waals surface area contributed by atoms with Crippen molar-refractivity contribution in [2.24, 2.45) is 11.5 Å². The molecule has 1 aliphatic heterocycles. The van der Waals surface area contributed by atoms with Crippen LogP contribution < -0.4 is 16.8 Å². The van der Waals surface area contributed by atoms with Gasteiger partial charge in [-0.15, -0.1) is 0 Å². The number of carbonyl (C=O) groups excluding carboxylic acids is 2. The van der Waals surface area contributed by atoms with E-state index in [-0.39, 0.29) is 43.5 Å². The minimum atomic E-state index is -1.08. The van der Waals surface area contributed by atoms with Crippen molar-refractivity contribution >= 4 is 11.9 Å². The normalized spacial score (nSPS) is 19.6. The first kappa shape index (κ1) is 30.2. The van der Waals surface area contributed by atoms with Crippen LogP contribution in [0.3, 0.4) is 0 Å². The molecule has 41 heavy (non-hydrogen) atoms. The van der Waals surface area contributed by atoms with Crippen LogP contribution in [0.15, 0.2) is 60.9 Å². The second-order valence-corrected chi connectivity index (χ2v) is 10.2. The fraction of sp³-hybridized carbons (Fsp3) is 0.367. The van der Waals surface area contributed by atoms with Gasteiger partial charge in [-0.3, -0.25) is 9.78 Å². The largest absolute Gasteiger partial charge is 0.448 e. The fourth-order valence-electron chi connectivity index (χ4n) is 5.11. The number of ether oxygens (including phenoxy) is 2. The van der Waals surface area contributed by atoms with Crippen LogP contribution in [0, 0.1) is 17.5 Å². The number of nitrogens with zero attached hydrogens (tertiary/aromatic N) is 1. The molecule has 1 aliphatic rings. The van der Waals surface area contributed by atoms with Crippen molar-refractivity contribution in [2.75, 3.05) is 13.2 Å². The Hall–Kier alpha value is -3.80. The van der Waals surface area contributed by atoms with Gasteiger partial charge in [0.25, 0.3) is 0 Å². The molecular formula is C30H33F3N4O4. The molecule has 2 aromatic carbocycles. The molecule has 1 amide bonds. The van der Waals surface area contributed by atoms with Crippen molar-refractivity contribution in [3.8, 4) is 0 Å². The zero-order valence-corrected chi connectivity index (χ0v) is 22.6. The third kappa shape index (κ3) is 7.90. The van der Waals surface area contributed by atoms with E-state index < -0.39 is 35.5 Å². The number of nitrogens with two attached hydrogens (primary N) is 2. The summed E-state index contributed by atoms with van der Waals surface area (Å²) in [5.74, 6) is -2.48. The highest BCUT2D eigenvalue weighted by Gasteiger charge is 2.31. The van der Waals surface area contributed by atoms with Gasteiger partial charge in [-0.1, -0.05) is 24.3 Å². The number of Topliss-reactive ketones (excluding diaryl/α,β-unsaturated/α-hetero) is 1. The minimum Gasteiger partial charge on any atom is -0.448 e. The number of nitrogens with one attached hydrogen (secondary N) is 1. The van der Waals surface area contributed by atoms with Crippen LogP contribution in [0.2, 0.25) is 0 Å². The van der Waals surface area contributed by atoms with E-state index in [1.165, 1.54) is 54.7 Å². The molecule has 4 atom stereocenters. The van der Waals surface area contributed by atoms with E-state index in [0.717, 1.165) is 6.20 Å². The van der Waals surface area contributed by atoms with Crippen LogP contribution in [0.4, 0.5) is 18.0 Å². The van der Waals surface area contributed by atoms with Crippen LogP contribution in [0.1, 0.15) is 41.5 Å². The molecule has 0 bridgehead atoms. The van der Waals surface area contributed by atoms with Gasteiger partial charge in [0.15, 0.2) is 5.78 Å². The van der Waals surface area contributed by atoms with Gasteiger partial charge < -0.3 is 26.3 Å². The van der Waals surface area contributed by atoms with Gasteiger partial charge in [0.2, 0.25) is 0 Å².